The number of nitrogens with one attached hydrogen (secondary N) is 2. The number of halogens is 1. The Morgan fingerprint density at radius 3 is 2.93 bits per heavy atom. The van der Waals surface area contributed by atoms with Crippen molar-refractivity contribution >= 4 is 23.4 Å². The van der Waals surface area contributed by atoms with Crippen LogP contribution in [0.5, 0.6) is 0 Å². The summed E-state index contributed by atoms with van der Waals surface area (Å²) in [6.45, 7) is 12.7. The number of aromatic nitrogens is 3. The van der Waals surface area contributed by atoms with Crippen molar-refractivity contribution in [2.45, 2.75) is 46.7 Å². The average Bonchev–Trinajstić information content (AvgIpc) is 3.26. The molecular formula is C21H32ClN7. The first-order chi connectivity index (χ1) is 14.0. The van der Waals surface area contributed by atoms with E-state index in [4.69, 9.17) is 16.6 Å². The molecule has 0 spiro atoms. The fourth-order valence-corrected chi connectivity index (χ4v) is 3.89. The van der Waals surface area contributed by atoms with Gasteiger partial charge in [0.15, 0.2) is 5.96 Å². The van der Waals surface area contributed by atoms with Gasteiger partial charge in [-0.1, -0.05) is 18.5 Å². The summed E-state index contributed by atoms with van der Waals surface area (Å²) >= 11 is 6.30. The van der Waals surface area contributed by atoms with E-state index in [0.717, 1.165) is 56.6 Å². The maximum absolute atomic E-state index is 6.30. The third-order valence-electron chi connectivity index (χ3n) is 5.06. The summed E-state index contributed by atoms with van der Waals surface area (Å²) in [6.07, 6.45) is 2.82. The number of guanidine groups is 1. The molecule has 2 aromatic heterocycles. The van der Waals surface area contributed by atoms with Crippen LogP contribution in [0.4, 0.5) is 5.82 Å². The molecule has 0 saturated carbocycles. The molecule has 29 heavy (non-hydrogen) atoms. The van der Waals surface area contributed by atoms with Crippen LogP contribution >= 0.6 is 11.6 Å². The molecule has 0 radical (unpaired) electrons. The Labute approximate surface area is 178 Å². The summed E-state index contributed by atoms with van der Waals surface area (Å²) in [4.78, 5) is 11.5. The van der Waals surface area contributed by atoms with Crippen molar-refractivity contribution in [1.29, 1.82) is 0 Å². The van der Waals surface area contributed by atoms with Gasteiger partial charge >= 0.3 is 0 Å². The Balaban J connectivity index is 1.55. The number of aliphatic imine (C=N–C) groups is 1. The number of pyridine rings is 1. The van der Waals surface area contributed by atoms with E-state index in [1.807, 2.05) is 19.1 Å². The molecule has 7 nitrogen and oxygen atoms in total. The van der Waals surface area contributed by atoms with Gasteiger partial charge in [0.1, 0.15) is 5.82 Å². The highest BCUT2D eigenvalue weighted by atomic mass is 35.5. The molecule has 1 fully saturated rings. The minimum atomic E-state index is 0.317. The summed E-state index contributed by atoms with van der Waals surface area (Å²) in [7, 11) is 0. The molecule has 2 unspecified atom stereocenters. The average molecular weight is 418 g/mol. The minimum absolute atomic E-state index is 0.317. The second-order valence-corrected chi connectivity index (χ2v) is 8.23. The molecule has 2 aromatic rings. The Hall–Kier alpha value is -2.28. The van der Waals surface area contributed by atoms with Gasteiger partial charge in [0.2, 0.25) is 0 Å². The predicted octanol–water partition coefficient (Wildman–Crippen LogP) is 3.02. The maximum atomic E-state index is 6.30. The Morgan fingerprint density at radius 2 is 2.24 bits per heavy atom. The van der Waals surface area contributed by atoms with Crippen LogP contribution < -0.4 is 15.5 Å². The van der Waals surface area contributed by atoms with Crippen molar-refractivity contribution in [3.05, 3.63) is 40.8 Å². The van der Waals surface area contributed by atoms with Crippen LogP contribution in [0.2, 0.25) is 5.02 Å². The Bertz CT molecular complexity index is 832. The van der Waals surface area contributed by atoms with Crippen molar-refractivity contribution in [3.63, 3.8) is 0 Å². The standard InChI is InChI=1S/C21H32ClN7/c1-5-23-21(25-12-15(2)13-29-17(4)11-16(3)27-29)26-18-8-10-28(14-18)20-19(22)7-6-9-24-20/h6-7,9,11,15,18H,5,8,10,12-14H2,1-4H3,(H2,23,25,26). The molecular weight excluding hydrogens is 386 g/mol. The largest absolute Gasteiger partial charge is 0.357 e. The molecule has 0 bridgehead atoms. The zero-order valence-electron chi connectivity index (χ0n) is 17.8. The van der Waals surface area contributed by atoms with Gasteiger partial charge in [-0.2, -0.15) is 5.10 Å². The normalized spacial score (nSPS) is 18.2. The van der Waals surface area contributed by atoms with Gasteiger partial charge < -0.3 is 15.5 Å². The third-order valence-corrected chi connectivity index (χ3v) is 5.36. The number of anilines is 1. The van der Waals surface area contributed by atoms with Gasteiger partial charge in [0.25, 0.3) is 0 Å². The predicted molar refractivity (Wildman–Crippen MR) is 120 cm³/mol. The van der Waals surface area contributed by atoms with E-state index >= 15 is 0 Å². The van der Waals surface area contributed by atoms with E-state index in [1.54, 1.807) is 6.20 Å². The minimum Gasteiger partial charge on any atom is -0.357 e. The summed E-state index contributed by atoms with van der Waals surface area (Å²) in [5.41, 5.74) is 2.26. The van der Waals surface area contributed by atoms with E-state index in [2.05, 4.69) is 57.1 Å². The summed E-state index contributed by atoms with van der Waals surface area (Å²) in [5.74, 6) is 2.13. The van der Waals surface area contributed by atoms with Crippen molar-refractivity contribution in [2.24, 2.45) is 10.9 Å². The van der Waals surface area contributed by atoms with E-state index < -0.39 is 0 Å². The number of hydrogen-bond donors (Lipinski definition) is 2. The highest BCUT2D eigenvalue weighted by molar-refractivity contribution is 6.32. The SMILES string of the molecule is CCNC(=NCC(C)Cn1nc(C)cc1C)NC1CCN(c2ncccc2Cl)C1. The van der Waals surface area contributed by atoms with Crippen LogP contribution in [-0.2, 0) is 6.54 Å². The lowest BCUT2D eigenvalue weighted by atomic mass is 10.2. The first-order valence-corrected chi connectivity index (χ1v) is 10.8. The number of rotatable bonds is 7. The molecule has 0 aliphatic carbocycles. The zero-order valence-corrected chi connectivity index (χ0v) is 18.6. The van der Waals surface area contributed by atoms with Gasteiger partial charge in [0.05, 0.1) is 10.7 Å². The second-order valence-electron chi connectivity index (χ2n) is 7.82. The lowest BCUT2D eigenvalue weighted by Crippen LogP contribution is -2.45. The Kier molecular flexibility index (Phi) is 7.36. The lowest BCUT2D eigenvalue weighted by Gasteiger charge is -2.20. The van der Waals surface area contributed by atoms with Gasteiger partial charge in [-0.25, -0.2) is 4.98 Å². The van der Waals surface area contributed by atoms with Gasteiger partial charge in [-0.15, -0.1) is 0 Å². The molecule has 0 amide bonds. The van der Waals surface area contributed by atoms with Crippen LogP contribution in [0.25, 0.3) is 0 Å². The lowest BCUT2D eigenvalue weighted by molar-refractivity contribution is 0.449. The third kappa shape index (κ3) is 5.85. The van der Waals surface area contributed by atoms with Crippen molar-refractivity contribution in [1.82, 2.24) is 25.4 Å². The van der Waals surface area contributed by atoms with Crippen LogP contribution in [0.3, 0.4) is 0 Å². The first kappa shape index (κ1) is 21.4. The first-order valence-electron chi connectivity index (χ1n) is 10.4. The van der Waals surface area contributed by atoms with Crippen LogP contribution in [0.15, 0.2) is 29.4 Å². The second kappa shape index (κ2) is 9.96. The van der Waals surface area contributed by atoms with E-state index in [9.17, 15) is 0 Å². The molecule has 3 rings (SSSR count). The van der Waals surface area contributed by atoms with Crippen molar-refractivity contribution in [3.8, 4) is 0 Å². The summed E-state index contributed by atoms with van der Waals surface area (Å²) in [6, 6.07) is 6.18. The Morgan fingerprint density at radius 1 is 1.41 bits per heavy atom. The quantitative estimate of drug-likeness (QED) is 0.535. The molecule has 158 valence electrons. The molecule has 0 aromatic carbocycles. The molecule has 8 heteroatoms. The van der Waals surface area contributed by atoms with Crippen LogP contribution in [0, 0.1) is 19.8 Å². The summed E-state index contributed by atoms with van der Waals surface area (Å²) < 4.78 is 2.07. The van der Waals surface area contributed by atoms with Gasteiger partial charge in [-0.05, 0) is 51.3 Å². The molecule has 1 aliphatic rings. The molecule has 2 atom stereocenters. The van der Waals surface area contributed by atoms with E-state index in [0.29, 0.717) is 17.0 Å². The molecule has 1 aliphatic heterocycles. The van der Waals surface area contributed by atoms with Crippen LogP contribution in [0.1, 0.15) is 31.7 Å². The monoisotopic (exact) mass is 417 g/mol. The highest BCUT2D eigenvalue weighted by Crippen LogP contribution is 2.25. The molecule has 2 N–H and O–H groups in total. The van der Waals surface area contributed by atoms with Crippen molar-refractivity contribution < 1.29 is 0 Å². The van der Waals surface area contributed by atoms with Gasteiger partial charge in [0, 0.05) is 50.7 Å². The topological polar surface area (TPSA) is 70.4 Å². The highest BCUT2D eigenvalue weighted by Gasteiger charge is 2.25. The van der Waals surface area contributed by atoms with Crippen LogP contribution in [-0.4, -0.2) is 52.9 Å². The number of hydrogen-bond acceptors (Lipinski definition) is 4. The maximum Gasteiger partial charge on any atom is 0.191 e. The van der Waals surface area contributed by atoms with Gasteiger partial charge in [-0.3, -0.25) is 9.67 Å². The summed E-state index contributed by atoms with van der Waals surface area (Å²) in [5, 5.41) is 12.2. The van der Waals surface area contributed by atoms with E-state index in [-0.39, 0.29) is 0 Å². The molecule has 3 heterocycles. The van der Waals surface area contributed by atoms with E-state index in [1.165, 1.54) is 5.69 Å². The number of nitrogens with zero attached hydrogens (tertiary/aromatic N) is 5. The molecule has 1 saturated heterocycles. The fraction of sp³-hybridized carbons (Fsp3) is 0.571. The number of aryl methyl sites for hydroxylation is 2. The zero-order chi connectivity index (χ0) is 20.8. The smallest absolute Gasteiger partial charge is 0.191 e. The van der Waals surface area contributed by atoms with Crippen molar-refractivity contribution in [2.75, 3.05) is 31.1 Å². The fourth-order valence-electron chi connectivity index (χ4n) is 3.65.